The molecule has 4 nitrogen and oxygen atoms in total. The second-order valence-corrected chi connectivity index (χ2v) is 4.77. The van der Waals surface area contributed by atoms with Crippen LogP contribution in [0, 0.1) is 0 Å². The molecule has 0 fully saturated rings. The Bertz CT molecular complexity index is 803. The number of aliphatic hydroxyl groups is 1. The summed E-state index contributed by atoms with van der Waals surface area (Å²) in [5.74, 6) is -0.304. The first-order valence-corrected chi connectivity index (χ1v) is 6.50. The Morgan fingerprint density at radius 1 is 0.952 bits per heavy atom. The second kappa shape index (κ2) is 4.90. The van der Waals surface area contributed by atoms with Gasteiger partial charge in [0.25, 0.3) is 0 Å². The van der Waals surface area contributed by atoms with Crippen LogP contribution in [0.5, 0.6) is 5.75 Å². The Morgan fingerprint density at radius 3 is 2.24 bits per heavy atom. The number of Topliss-reactive ketones (excluding diaryl/α,β-unsaturated/α-hetero) is 1. The van der Waals surface area contributed by atoms with Crippen LogP contribution in [-0.2, 0) is 4.79 Å². The fraction of sp³-hybridized carbons (Fsp3) is 0.0588. The number of para-hydroxylation sites is 2. The number of phenolic OH excluding ortho intramolecular Hbond substituents is 1. The predicted octanol–water partition coefficient (Wildman–Crippen LogP) is 3.38. The van der Waals surface area contributed by atoms with Gasteiger partial charge in [0.05, 0.1) is 11.3 Å². The SMILES string of the molecule is CC(=O)C1=C(O)c2ccccc2C1=Nc1ccccc1O. The highest BCUT2D eigenvalue weighted by molar-refractivity contribution is 6.36. The molecular formula is C17H13NO3. The molecule has 2 aromatic carbocycles. The van der Waals surface area contributed by atoms with Gasteiger partial charge in [-0.3, -0.25) is 4.79 Å². The van der Waals surface area contributed by atoms with Crippen LogP contribution in [0.25, 0.3) is 5.76 Å². The maximum Gasteiger partial charge on any atom is 0.165 e. The number of rotatable bonds is 2. The first-order chi connectivity index (χ1) is 10.1. The van der Waals surface area contributed by atoms with Gasteiger partial charge in [0.1, 0.15) is 17.2 Å². The number of carbonyl (C=O) groups is 1. The average Bonchev–Trinajstić information content (AvgIpc) is 2.75. The molecule has 0 atom stereocenters. The maximum atomic E-state index is 11.8. The van der Waals surface area contributed by atoms with E-state index < -0.39 is 0 Å². The van der Waals surface area contributed by atoms with Crippen LogP contribution in [0.4, 0.5) is 5.69 Å². The first-order valence-electron chi connectivity index (χ1n) is 6.50. The van der Waals surface area contributed by atoms with Gasteiger partial charge in [-0.1, -0.05) is 36.4 Å². The molecule has 1 aliphatic carbocycles. The molecule has 1 aliphatic rings. The van der Waals surface area contributed by atoms with Crippen LogP contribution in [-0.4, -0.2) is 21.7 Å². The van der Waals surface area contributed by atoms with Crippen LogP contribution in [0.2, 0.25) is 0 Å². The fourth-order valence-electron chi connectivity index (χ4n) is 2.41. The monoisotopic (exact) mass is 279 g/mol. The number of nitrogens with zero attached hydrogens (tertiary/aromatic N) is 1. The Balaban J connectivity index is 2.25. The summed E-state index contributed by atoms with van der Waals surface area (Å²) in [5.41, 5.74) is 2.19. The van der Waals surface area contributed by atoms with Crippen molar-refractivity contribution in [2.45, 2.75) is 6.92 Å². The number of hydrogen-bond acceptors (Lipinski definition) is 4. The zero-order valence-electron chi connectivity index (χ0n) is 11.4. The van der Waals surface area contributed by atoms with Gasteiger partial charge in [-0.2, -0.15) is 0 Å². The van der Waals surface area contributed by atoms with Crippen molar-refractivity contribution in [2.75, 3.05) is 0 Å². The fourth-order valence-corrected chi connectivity index (χ4v) is 2.41. The van der Waals surface area contributed by atoms with Crippen LogP contribution >= 0.6 is 0 Å². The second-order valence-electron chi connectivity index (χ2n) is 4.77. The lowest BCUT2D eigenvalue weighted by Crippen LogP contribution is -2.08. The van der Waals surface area contributed by atoms with Crippen LogP contribution in [0.15, 0.2) is 59.1 Å². The van der Waals surface area contributed by atoms with Crippen molar-refractivity contribution in [3.8, 4) is 5.75 Å². The molecular weight excluding hydrogens is 266 g/mol. The standard InChI is InChI=1S/C17H13NO3/c1-10(19)15-16(18-13-8-4-5-9-14(13)20)11-6-2-3-7-12(11)17(15)21/h2-9,20-21H,1H3. The van der Waals surface area contributed by atoms with Crippen molar-refractivity contribution < 1.29 is 15.0 Å². The Morgan fingerprint density at radius 2 is 1.57 bits per heavy atom. The summed E-state index contributed by atoms with van der Waals surface area (Å²) < 4.78 is 0. The third kappa shape index (κ3) is 2.10. The highest BCUT2D eigenvalue weighted by Crippen LogP contribution is 2.35. The minimum atomic E-state index is -0.266. The van der Waals surface area contributed by atoms with E-state index in [9.17, 15) is 15.0 Å². The minimum Gasteiger partial charge on any atom is -0.506 e. The number of fused-ring (bicyclic) bond motifs is 1. The van der Waals surface area contributed by atoms with E-state index >= 15 is 0 Å². The molecule has 0 unspecified atom stereocenters. The lowest BCUT2D eigenvalue weighted by atomic mass is 10.1. The lowest BCUT2D eigenvalue weighted by Gasteiger charge is -2.04. The Kier molecular flexibility index (Phi) is 3.06. The van der Waals surface area contributed by atoms with Crippen molar-refractivity contribution in [1.82, 2.24) is 0 Å². The number of ketones is 1. The third-order valence-corrected chi connectivity index (χ3v) is 3.38. The number of hydrogen-bond donors (Lipinski definition) is 2. The number of benzene rings is 2. The summed E-state index contributed by atoms with van der Waals surface area (Å²) >= 11 is 0. The van der Waals surface area contributed by atoms with Gasteiger partial charge < -0.3 is 10.2 Å². The zero-order valence-corrected chi connectivity index (χ0v) is 11.4. The van der Waals surface area contributed by atoms with Gasteiger partial charge in [0.15, 0.2) is 5.78 Å². The normalized spacial score (nSPS) is 15.4. The van der Waals surface area contributed by atoms with Gasteiger partial charge in [0, 0.05) is 11.1 Å². The van der Waals surface area contributed by atoms with E-state index in [0.29, 0.717) is 22.5 Å². The van der Waals surface area contributed by atoms with E-state index in [2.05, 4.69) is 4.99 Å². The van der Waals surface area contributed by atoms with Crippen molar-refractivity contribution in [1.29, 1.82) is 0 Å². The molecule has 0 bridgehead atoms. The van der Waals surface area contributed by atoms with Crippen molar-refractivity contribution >= 4 is 22.9 Å². The summed E-state index contributed by atoms with van der Waals surface area (Å²) in [4.78, 5) is 16.2. The number of phenols is 1. The van der Waals surface area contributed by atoms with Gasteiger partial charge in [-0.25, -0.2) is 4.99 Å². The number of aromatic hydroxyl groups is 1. The highest BCUT2D eigenvalue weighted by Gasteiger charge is 2.30. The topological polar surface area (TPSA) is 69.9 Å². The van der Waals surface area contributed by atoms with E-state index in [4.69, 9.17) is 0 Å². The van der Waals surface area contributed by atoms with Crippen LogP contribution in [0.3, 0.4) is 0 Å². The number of aliphatic hydroxyl groups excluding tert-OH is 1. The molecule has 0 radical (unpaired) electrons. The van der Waals surface area contributed by atoms with Crippen LogP contribution < -0.4 is 0 Å². The van der Waals surface area contributed by atoms with E-state index in [0.717, 1.165) is 0 Å². The molecule has 0 aromatic heterocycles. The Hall–Kier alpha value is -2.88. The molecule has 0 saturated carbocycles. The summed E-state index contributed by atoms with van der Waals surface area (Å²) in [5, 5.41) is 20.1. The summed E-state index contributed by atoms with van der Waals surface area (Å²) in [6, 6.07) is 13.7. The molecule has 104 valence electrons. The molecule has 3 rings (SSSR count). The molecule has 0 saturated heterocycles. The molecule has 0 spiro atoms. The molecule has 21 heavy (non-hydrogen) atoms. The highest BCUT2D eigenvalue weighted by atomic mass is 16.3. The molecule has 2 aromatic rings. The van der Waals surface area contributed by atoms with E-state index in [1.807, 2.05) is 6.07 Å². The summed E-state index contributed by atoms with van der Waals surface area (Å²) in [7, 11) is 0. The van der Waals surface area contributed by atoms with E-state index in [-0.39, 0.29) is 22.9 Å². The van der Waals surface area contributed by atoms with Crippen molar-refractivity contribution in [3.63, 3.8) is 0 Å². The lowest BCUT2D eigenvalue weighted by molar-refractivity contribution is -0.113. The smallest absolute Gasteiger partial charge is 0.165 e. The largest absolute Gasteiger partial charge is 0.506 e. The minimum absolute atomic E-state index is 0.0248. The molecule has 2 N–H and O–H groups in total. The van der Waals surface area contributed by atoms with Gasteiger partial charge in [-0.05, 0) is 19.1 Å². The maximum absolute atomic E-state index is 11.8. The van der Waals surface area contributed by atoms with Crippen LogP contribution in [0.1, 0.15) is 18.1 Å². The van der Waals surface area contributed by atoms with E-state index in [1.54, 1.807) is 36.4 Å². The summed E-state index contributed by atoms with van der Waals surface area (Å²) in [6.45, 7) is 1.39. The molecule has 0 heterocycles. The van der Waals surface area contributed by atoms with Gasteiger partial charge >= 0.3 is 0 Å². The summed E-state index contributed by atoms with van der Waals surface area (Å²) in [6.07, 6.45) is 0. The number of carbonyl (C=O) groups excluding carboxylic acids is 1. The van der Waals surface area contributed by atoms with Gasteiger partial charge in [0.2, 0.25) is 0 Å². The predicted molar refractivity (Wildman–Crippen MR) is 81.0 cm³/mol. The first kappa shape index (κ1) is 13.1. The van der Waals surface area contributed by atoms with Crippen molar-refractivity contribution in [3.05, 3.63) is 65.2 Å². The quantitative estimate of drug-likeness (QED) is 0.885. The Labute approximate surface area is 121 Å². The van der Waals surface area contributed by atoms with Gasteiger partial charge in [-0.15, -0.1) is 0 Å². The average molecular weight is 279 g/mol. The molecule has 4 heteroatoms. The molecule has 0 aliphatic heterocycles. The number of allylic oxidation sites excluding steroid dienone is 1. The molecule has 0 amide bonds. The van der Waals surface area contributed by atoms with E-state index in [1.165, 1.54) is 13.0 Å². The third-order valence-electron chi connectivity index (χ3n) is 3.38. The number of aliphatic imine (C=N–C) groups is 1. The van der Waals surface area contributed by atoms with Crippen molar-refractivity contribution in [2.24, 2.45) is 4.99 Å². The zero-order chi connectivity index (χ0) is 15.0.